The first-order chi connectivity index (χ1) is 14.8. The predicted molar refractivity (Wildman–Crippen MR) is 108 cm³/mol. The van der Waals surface area contributed by atoms with Crippen LogP contribution in [0.3, 0.4) is 0 Å². The molecule has 2 aromatic heterocycles. The number of nitrogens with zero attached hydrogens (tertiary/aromatic N) is 2. The van der Waals surface area contributed by atoms with Crippen LogP contribution in [0.2, 0.25) is 0 Å². The number of halogens is 3. The fourth-order valence-corrected chi connectivity index (χ4v) is 3.85. The number of alkyl halides is 3. The quantitative estimate of drug-likeness (QED) is 0.440. The Bertz CT molecular complexity index is 1230. The highest BCUT2D eigenvalue weighted by atomic mass is 32.1. The second-order valence-electron chi connectivity index (χ2n) is 6.71. The van der Waals surface area contributed by atoms with Gasteiger partial charge in [-0.05, 0) is 36.8 Å². The number of ether oxygens (including phenoxy) is 1. The Hall–Kier alpha value is -3.24. The van der Waals surface area contributed by atoms with Gasteiger partial charge in [0.2, 0.25) is 5.89 Å². The van der Waals surface area contributed by atoms with Gasteiger partial charge in [0, 0.05) is 11.1 Å². The standard InChI is InChI=1S/C21H16F3N3O3S/c1-12-17(31-19(25-12)15-6-8-16(9-7-15)21(22,23)24)11-29-10-13-2-4-14(5-3-13)18-26-27-20(28)30-18/h2-9H,10-11H2,1H3,(H,27,28). The lowest BCUT2D eigenvalue weighted by atomic mass is 10.1. The molecule has 160 valence electrons. The maximum Gasteiger partial charge on any atom is 0.434 e. The number of nitrogens with one attached hydrogen (secondary N) is 1. The summed E-state index contributed by atoms with van der Waals surface area (Å²) in [7, 11) is 0. The minimum Gasteiger partial charge on any atom is -0.388 e. The molecule has 0 fully saturated rings. The van der Waals surface area contributed by atoms with Crippen molar-refractivity contribution in [3.05, 3.63) is 80.8 Å². The largest absolute Gasteiger partial charge is 0.434 e. The van der Waals surface area contributed by atoms with Crippen LogP contribution in [-0.4, -0.2) is 15.2 Å². The lowest BCUT2D eigenvalue weighted by molar-refractivity contribution is -0.137. The number of rotatable bonds is 6. The minimum absolute atomic E-state index is 0.216. The van der Waals surface area contributed by atoms with Gasteiger partial charge >= 0.3 is 11.9 Å². The molecule has 10 heteroatoms. The first kappa shape index (κ1) is 21.0. The van der Waals surface area contributed by atoms with Crippen LogP contribution in [0.15, 0.2) is 57.7 Å². The smallest absolute Gasteiger partial charge is 0.388 e. The molecule has 0 aliphatic heterocycles. The Balaban J connectivity index is 1.37. The molecule has 0 bridgehead atoms. The topological polar surface area (TPSA) is 81.0 Å². The van der Waals surface area contributed by atoms with Gasteiger partial charge in [0.15, 0.2) is 0 Å². The molecule has 0 amide bonds. The fourth-order valence-electron chi connectivity index (χ4n) is 2.85. The number of H-pyrrole nitrogens is 1. The van der Waals surface area contributed by atoms with E-state index in [2.05, 4.69) is 15.2 Å². The molecular formula is C21H16F3N3O3S. The minimum atomic E-state index is -4.36. The van der Waals surface area contributed by atoms with Gasteiger partial charge in [-0.25, -0.2) is 14.9 Å². The van der Waals surface area contributed by atoms with E-state index < -0.39 is 17.5 Å². The molecular weight excluding hydrogens is 431 g/mol. The Morgan fingerprint density at radius 3 is 2.32 bits per heavy atom. The van der Waals surface area contributed by atoms with Gasteiger partial charge in [-0.15, -0.1) is 16.4 Å². The van der Waals surface area contributed by atoms with E-state index >= 15 is 0 Å². The van der Waals surface area contributed by atoms with Gasteiger partial charge < -0.3 is 9.15 Å². The maximum atomic E-state index is 12.7. The van der Waals surface area contributed by atoms with Gasteiger partial charge in [-0.2, -0.15) is 13.2 Å². The second kappa shape index (κ2) is 8.48. The molecule has 0 aliphatic carbocycles. The van der Waals surface area contributed by atoms with E-state index in [-0.39, 0.29) is 5.89 Å². The van der Waals surface area contributed by atoms with Crippen LogP contribution < -0.4 is 5.76 Å². The van der Waals surface area contributed by atoms with E-state index in [1.165, 1.54) is 23.5 Å². The van der Waals surface area contributed by atoms with Gasteiger partial charge in [-0.3, -0.25) is 0 Å². The molecule has 0 atom stereocenters. The van der Waals surface area contributed by atoms with E-state index in [0.717, 1.165) is 28.3 Å². The number of benzene rings is 2. The van der Waals surface area contributed by atoms with Crippen LogP contribution in [0.4, 0.5) is 13.2 Å². The summed E-state index contributed by atoms with van der Waals surface area (Å²) < 4.78 is 48.9. The van der Waals surface area contributed by atoms with Crippen LogP contribution in [0.5, 0.6) is 0 Å². The molecule has 0 saturated carbocycles. The van der Waals surface area contributed by atoms with Crippen molar-refractivity contribution in [3.63, 3.8) is 0 Å². The SMILES string of the molecule is Cc1nc(-c2ccc(C(F)(F)F)cc2)sc1COCc1ccc(-c2n[nH]c(=O)o2)cc1. The highest BCUT2D eigenvalue weighted by molar-refractivity contribution is 7.15. The van der Waals surface area contributed by atoms with Crippen LogP contribution in [0.1, 0.15) is 21.7 Å². The van der Waals surface area contributed by atoms with Gasteiger partial charge in [0.25, 0.3) is 0 Å². The third-order valence-electron chi connectivity index (χ3n) is 4.49. The Morgan fingerprint density at radius 1 is 1.03 bits per heavy atom. The van der Waals surface area contributed by atoms with Crippen LogP contribution in [0.25, 0.3) is 22.0 Å². The molecule has 0 saturated heterocycles. The highest BCUT2D eigenvalue weighted by Gasteiger charge is 2.30. The maximum absolute atomic E-state index is 12.7. The molecule has 4 aromatic rings. The molecule has 31 heavy (non-hydrogen) atoms. The number of aromatic amines is 1. The molecule has 0 radical (unpaired) electrons. The van der Waals surface area contributed by atoms with Crippen molar-refractivity contribution < 1.29 is 22.3 Å². The summed E-state index contributed by atoms with van der Waals surface area (Å²) in [5.41, 5.74) is 2.32. The lowest BCUT2D eigenvalue weighted by Gasteiger charge is -2.06. The third kappa shape index (κ3) is 4.92. The number of thiazole rings is 1. The van der Waals surface area contributed by atoms with Crippen molar-refractivity contribution in [1.29, 1.82) is 0 Å². The summed E-state index contributed by atoms with van der Waals surface area (Å²) in [6.07, 6.45) is -4.36. The van der Waals surface area contributed by atoms with Crippen molar-refractivity contribution in [3.8, 4) is 22.0 Å². The van der Waals surface area contributed by atoms with Crippen LogP contribution in [-0.2, 0) is 24.1 Å². The molecule has 0 unspecified atom stereocenters. The average molecular weight is 447 g/mol. The third-order valence-corrected chi connectivity index (χ3v) is 5.67. The Labute approximate surface area is 178 Å². The zero-order valence-electron chi connectivity index (χ0n) is 16.2. The van der Waals surface area contributed by atoms with E-state index in [4.69, 9.17) is 9.15 Å². The van der Waals surface area contributed by atoms with Crippen molar-refractivity contribution in [2.75, 3.05) is 0 Å². The summed E-state index contributed by atoms with van der Waals surface area (Å²) in [4.78, 5) is 16.4. The van der Waals surface area contributed by atoms with E-state index in [1.807, 2.05) is 19.1 Å². The number of aromatic nitrogens is 3. The van der Waals surface area contributed by atoms with Crippen molar-refractivity contribution >= 4 is 11.3 Å². The lowest BCUT2D eigenvalue weighted by Crippen LogP contribution is -2.03. The number of hydrogen-bond acceptors (Lipinski definition) is 6. The summed E-state index contributed by atoms with van der Waals surface area (Å²) in [5, 5.41) is 6.63. The van der Waals surface area contributed by atoms with Crippen LogP contribution in [0, 0.1) is 6.92 Å². The zero-order valence-corrected chi connectivity index (χ0v) is 17.0. The number of hydrogen-bond donors (Lipinski definition) is 1. The molecule has 4 rings (SSSR count). The van der Waals surface area contributed by atoms with Crippen LogP contribution >= 0.6 is 11.3 Å². The first-order valence-corrected chi connectivity index (χ1v) is 9.98. The van der Waals surface area contributed by atoms with E-state index in [9.17, 15) is 18.0 Å². The zero-order chi connectivity index (χ0) is 22.0. The summed E-state index contributed by atoms with van der Waals surface area (Å²) in [5.74, 6) is -0.397. The predicted octanol–water partition coefficient (Wildman–Crippen LogP) is 5.20. The second-order valence-corrected chi connectivity index (χ2v) is 7.79. The van der Waals surface area contributed by atoms with Crippen molar-refractivity contribution in [2.45, 2.75) is 26.3 Å². The Morgan fingerprint density at radius 2 is 1.71 bits per heavy atom. The Kier molecular flexibility index (Phi) is 5.75. The summed E-state index contributed by atoms with van der Waals surface area (Å²) in [6.45, 7) is 2.53. The summed E-state index contributed by atoms with van der Waals surface area (Å²) in [6, 6.07) is 12.2. The normalized spacial score (nSPS) is 11.7. The van der Waals surface area contributed by atoms with E-state index in [0.29, 0.717) is 29.3 Å². The van der Waals surface area contributed by atoms with Gasteiger partial charge in [0.05, 0.1) is 29.3 Å². The molecule has 0 aliphatic rings. The van der Waals surface area contributed by atoms with Crippen molar-refractivity contribution in [2.24, 2.45) is 0 Å². The summed E-state index contributed by atoms with van der Waals surface area (Å²) >= 11 is 1.39. The fraction of sp³-hybridized carbons (Fsp3) is 0.190. The van der Waals surface area contributed by atoms with Gasteiger partial charge in [0.1, 0.15) is 5.01 Å². The molecule has 1 N–H and O–H groups in total. The van der Waals surface area contributed by atoms with Gasteiger partial charge in [-0.1, -0.05) is 24.3 Å². The monoisotopic (exact) mass is 447 g/mol. The average Bonchev–Trinajstić information content (AvgIpc) is 3.34. The number of aryl methyl sites for hydroxylation is 1. The highest BCUT2D eigenvalue weighted by Crippen LogP contribution is 2.33. The molecule has 2 heterocycles. The molecule has 0 spiro atoms. The van der Waals surface area contributed by atoms with E-state index in [1.54, 1.807) is 12.1 Å². The van der Waals surface area contributed by atoms with Crippen molar-refractivity contribution in [1.82, 2.24) is 15.2 Å². The first-order valence-electron chi connectivity index (χ1n) is 9.16. The molecule has 6 nitrogen and oxygen atoms in total. The molecule has 2 aromatic carbocycles.